The number of rotatable bonds is 12. The van der Waals surface area contributed by atoms with Gasteiger partial charge in [-0.2, -0.15) is 0 Å². The van der Waals surface area contributed by atoms with E-state index in [0.717, 1.165) is 11.8 Å². The van der Waals surface area contributed by atoms with Gasteiger partial charge in [-0.15, -0.1) is 0 Å². The highest BCUT2D eigenvalue weighted by molar-refractivity contribution is 5.84. The van der Waals surface area contributed by atoms with Crippen LogP contribution in [-0.2, 0) is 6.42 Å². The van der Waals surface area contributed by atoms with Gasteiger partial charge in [-0.25, -0.2) is 0 Å². The van der Waals surface area contributed by atoms with Crippen LogP contribution in [0.4, 0.5) is 0 Å². The molecule has 0 radical (unpaired) electrons. The number of benzene rings is 2. The molecule has 0 saturated heterocycles. The lowest BCUT2D eigenvalue weighted by molar-refractivity contribution is 0.302. The van der Waals surface area contributed by atoms with Gasteiger partial charge in [-0.05, 0) is 72.3 Å². The molecule has 0 atom stereocenters. The molecular weight excluding hydrogens is 348 g/mol. The van der Waals surface area contributed by atoms with Crippen LogP contribution in [0.1, 0.15) is 121 Å². The molecule has 0 aliphatic heterocycles. The van der Waals surface area contributed by atoms with Crippen LogP contribution in [0.5, 0.6) is 0 Å². The summed E-state index contributed by atoms with van der Waals surface area (Å²) in [5.41, 5.74) is 3.11. The highest BCUT2D eigenvalue weighted by Gasteiger charge is 2.22. The molecule has 0 heterocycles. The summed E-state index contributed by atoms with van der Waals surface area (Å²) in [5, 5.41) is 2.88. The smallest absolute Gasteiger partial charge is 0.0162 e. The molecular formula is C29H44. The van der Waals surface area contributed by atoms with Crippen molar-refractivity contribution in [1.82, 2.24) is 0 Å². The molecule has 2 aromatic carbocycles. The Hall–Kier alpha value is -1.30. The Kier molecular flexibility index (Phi) is 9.58. The van der Waals surface area contributed by atoms with Crippen LogP contribution in [0.25, 0.3) is 10.8 Å². The highest BCUT2D eigenvalue weighted by Crippen LogP contribution is 2.38. The Morgan fingerprint density at radius 2 is 1.31 bits per heavy atom. The third-order valence-electron chi connectivity index (χ3n) is 7.28. The molecule has 0 heteroatoms. The minimum atomic E-state index is 0.796. The van der Waals surface area contributed by atoms with Crippen molar-refractivity contribution in [1.29, 1.82) is 0 Å². The molecule has 160 valence electrons. The van der Waals surface area contributed by atoms with Crippen molar-refractivity contribution in [3.05, 3.63) is 47.5 Å². The molecule has 2 aromatic rings. The lowest BCUT2D eigenvalue weighted by Gasteiger charge is -2.29. The molecule has 1 fully saturated rings. The summed E-state index contributed by atoms with van der Waals surface area (Å²) in [4.78, 5) is 0. The molecule has 1 saturated carbocycles. The van der Waals surface area contributed by atoms with Gasteiger partial charge in [0.15, 0.2) is 0 Å². The zero-order valence-corrected chi connectivity index (χ0v) is 19.2. The van der Waals surface area contributed by atoms with Gasteiger partial charge >= 0.3 is 0 Å². The van der Waals surface area contributed by atoms with Gasteiger partial charge in [0, 0.05) is 0 Å². The van der Waals surface area contributed by atoms with Crippen molar-refractivity contribution in [3.63, 3.8) is 0 Å². The largest absolute Gasteiger partial charge is 0.0654 e. The predicted molar refractivity (Wildman–Crippen MR) is 130 cm³/mol. The Morgan fingerprint density at radius 3 is 2.07 bits per heavy atom. The summed E-state index contributed by atoms with van der Waals surface area (Å²) in [6, 6.07) is 14.5. The maximum absolute atomic E-state index is 2.49. The Bertz CT molecular complexity index is 705. The van der Waals surface area contributed by atoms with E-state index in [0.29, 0.717) is 0 Å². The molecule has 0 bridgehead atoms. The van der Waals surface area contributed by atoms with Crippen LogP contribution in [0.3, 0.4) is 0 Å². The van der Waals surface area contributed by atoms with Crippen molar-refractivity contribution in [3.8, 4) is 0 Å². The standard InChI is InChI=1S/C29H44/c1-3-5-7-9-11-12-24-14-17-26(18-15-24)28-21-20-27-22-25(13-10-8-6-4-2)16-19-29(27)23-28/h16,19-24,26H,3-15,17-18H2,1-2H3. The summed E-state index contributed by atoms with van der Waals surface area (Å²) in [6.07, 6.45) is 21.0. The van der Waals surface area contributed by atoms with E-state index in [1.165, 1.54) is 113 Å². The van der Waals surface area contributed by atoms with E-state index in [1.807, 2.05) is 0 Å². The number of hydrogen-bond donors (Lipinski definition) is 0. The van der Waals surface area contributed by atoms with Gasteiger partial charge in [0.2, 0.25) is 0 Å². The topological polar surface area (TPSA) is 0 Å². The highest BCUT2D eigenvalue weighted by atomic mass is 14.3. The Labute approximate surface area is 180 Å². The van der Waals surface area contributed by atoms with Gasteiger partial charge in [0.25, 0.3) is 0 Å². The lowest BCUT2D eigenvalue weighted by Crippen LogP contribution is -2.13. The molecule has 1 aliphatic carbocycles. The Balaban J connectivity index is 1.48. The van der Waals surface area contributed by atoms with E-state index in [2.05, 4.69) is 50.2 Å². The zero-order chi connectivity index (χ0) is 20.3. The van der Waals surface area contributed by atoms with Crippen LogP contribution in [-0.4, -0.2) is 0 Å². The predicted octanol–water partition coefficient (Wildman–Crippen LogP) is 9.60. The van der Waals surface area contributed by atoms with Crippen LogP contribution < -0.4 is 0 Å². The first-order valence-electron chi connectivity index (χ1n) is 12.8. The van der Waals surface area contributed by atoms with Crippen LogP contribution in [0.15, 0.2) is 36.4 Å². The first-order chi connectivity index (χ1) is 14.3. The summed E-state index contributed by atoms with van der Waals surface area (Å²) < 4.78 is 0. The van der Waals surface area contributed by atoms with Gasteiger partial charge in [-0.1, -0.05) is 108 Å². The molecule has 0 amide bonds. The second-order valence-electron chi connectivity index (χ2n) is 9.67. The quantitative estimate of drug-likeness (QED) is 0.315. The van der Waals surface area contributed by atoms with Gasteiger partial charge in [0.1, 0.15) is 0 Å². The second-order valence-corrected chi connectivity index (χ2v) is 9.67. The summed E-state index contributed by atoms with van der Waals surface area (Å²) in [5.74, 6) is 1.80. The van der Waals surface area contributed by atoms with Crippen molar-refractivity contribution in [2.45, 2.75) is 116 Å². The second kappa shape index (κ2) is 12.4. The zero-order valence-electron chi connectivity index (χ0n) is 19.2. The SMILES string of the molecule is CCCCCCCC1CCC(c2ccc3cc(CCCCCC)ccc3c2)CC1. The number of hydrogen-bond acceptors (Lipinski definition) is 0. The van der Waals surface area contributed by atoms with E-state index >= 15 is 0 Å². The van der Waals surface area contributed by atoms with Crippen LogP contribution in [0.2, 0.25) is 0 Å². The number of fused-ring (bicyclic) bond motifs is 1. The molecule has 1 aliphatic rings. The minimum absolute atomic E-state index is 0.796. The molecule has 0 unspecified atom stereocenters. The van der Waals surface area contributed by atoms with E-state index in [1.54, 1.807) is 5.56 Å². The molecule has 0 nitrogen and oxygen atoms in total. The normalized spacial score (nSPS) is 19.7. The van der Waals surface area contributed by atoms with Crippen molar-refractivity contribution < 1.29 is 0 Å². The van der Waals surface area contributed by atoms with Crippen LogP contribution >= 0.6 is 0 Å². The van der Waals surface area contributed by atoms with E-state index < -0.39 is 0 Å². The Morgan fingerprint density at radius 1 is 0.655 bits per heavy atom. The van der Waals surface area contributed by atoms with Crippen molar-refractivity contribution in [2.24, 2.45) is 5.92 Å². The maximum Gasteiger partial charge on any atom is -0.0162 e. The lowest BCUT2D eigenvalue weighted by atomic mass is 9.76. The van der Waals surface area contributed by atoms with Crippen molar-refractivity contribution in [2.75, 3.05) is 0 Å². The average molecular weight is 393 g/mol. The molecule has 29 heavy (non-hydrogen) atoms. The molecule has 3 rings (SSSR count). The fourth-order valence-electron chi connectivity index (χ4n) is 5.30. The fraction of sp³-hybridized carbons (Fsp3) is 0.655. The average Bonchev–Trinajstić information content (AvgIpc) is 2.76. The van der Waals surface area contributed by atoms with Crippen LogP contribution in [0, 0.1) is 5.92 Å². The van der Waals surface area contributed by atoms with Crippen molar-refractivity contribution >= 4 is 10.8 Å². The summed E-state index contributed by atoms with van der Waals surface area (Å²) in [7, 11) is 0. The van der Waals surface area contributed by atoms with Gasteiger partial charge in [0.05, 0.1) is 0 Å². The van der Waals surface area contributed by atoms with E-state index in [-0.39, 0.29) is 0 Å². The first kappa shape index (κ1) is 22.4. The van der Waals surface area contributed by atoms with E-state index in [4.69, 9.17) is 0 Å². The molecule has 0 N–H and O–H groups in total. The minimum Gasteiger partial charge on any atom is -0.0654 e. The monoisotopic (exact) mass is 392 g/mol. The third kappa shape index (κ3) is 7.16. The number of unbranched alkanes of at least 4 members (excludes halogenated alkanes) is 7. The third-order valence-corrected chi connectivity index (χ3v) is 7.28. The first-order valence-corrected chi connectivity index (χ1v) is 12.8. The number of aryl methyl sites for hydroxylation is 1. The fourth-order valence-corrected chi connectivity index (χ4v) is 5.30. The summed E-state index contributed by atoms with van der Waals surface area (Å²) >= 11 is 0. The summed E-state index contributed by atoms with van der Waals surface area (Å²) in [6.45, 7) is 4.59. The van der Waals surface area contributed by atoms with Gasteiger partial charge < -0.3 is 0 Å². The molecule has 0 spiro atoms. The molecule has 0 aromatic heterocycles. The van der Waals surface area contributed by atoms with Gasteiger partial charge in [-0.3, -0.25) is 0 Å². The van der Waals surface area contributed by atoms with E-state index in [9.17, 15) is 0 Å². The maximum atomic E-state index is 2.49.